The van der Waals surface area contributed by atoms with Crippen LogP contribution < -0.4 is 10.2 Å². The highest BCUT2D eigenvalue weighted by atomic mass is 16.2. The van der Waals surface area contributed by atoms with E-state index in [1.54, 1.807) is 6.20 Å². The Labute approximate surface area is 184 Å². The van der Waals surface area contributed by atoms with Crippen LogP contribution in [0, 0.1) is 23.2 Å². The number of carbonyl (C=O) groups is 2. The summed E-state index contributed by atoms with van der Waals surface area (Å²) in [7, 11) is 0. The van der Waals surface area contributed by atoms with E-state index in [0.717, 1.165) is 81.0 Å². The number of likely N-dealkylation sites (tertiary alicyclic amines) is 1. The number of amides is 2. The first-order valence-electron chi connectivity index (χ1n) is 12.4. The Kier molecular flexibility index (Phi) is 4.73. The van der Waals surface area contributed by atoms with Crippen molar-refractivity contribution < 1.29 is 9.59 Å². The maximum atomic E-state index is 13.8. The van der Waals surface area contributed by atoms with Crippen LogP contribution in [0.2, 0.25) is 0 Å². The average molecular weight is 423 g/mol. The molecule has 7 rings (SSSR count). The van der Waals surface area contributed by atoms with Crippen LogP contribution in [0.25, 0.3) is 0 Å². The molecule has 6 heteroatoms. The number of nitrogens with one attached hydrogen (secondary N) is 1. The molecule has 2 amide bonds. The minimum atomic E-state index is -0.334. The molecule has 31 heavy (non-hydrogen) atoms. The Hall–Kier alpha value is -2.11. The van der Waals surface area contributed by atoms with Crippen LogP contribution in [0.1, 0.15) is 64.2 Å². The van der Waals surface area contributed by atoms with Gasteiger partial charge in [0.05, 0.1) is 17.3 Å². The first-order chi connectivity index (χ1) is 15.1. The Bertz CT molecular complexity index is 825. The molecule has 0 radical (unpaired) electrons. The predicted molar refractivity (Wildman–Crippen MR) is 120 cm³/mol. The van der Waals surface area contributed by atoms with E-state index in [0.29, 0.717) is 0 Å². The zero-order valence-corrected chi connectivity index (χ0v) is 18.4. The summed E-state index contributed by atoms with van der Waals surface area (Å²) < 4.78 is 0. The summed E-state index contributed by atoms with van der Waals surface area (Å²) >= 11 is 0. The van der Waals surface area contributed by atoms with Crippen LogP contribution in [0.3, 0.4) is 0 Å². The lowest BCUT2D eigenvalue weighted by molar-refractivity contribution is -0.160. The second kappa shape index (κ2) is 7.49. The van der Waals surface area contributed by atoms with E-state index in [-0.39, 0.29) is 23.3 Å². The molecule has 4 saturated carbocycles. The fourth-order valence-corrected chi connectivity index (χ4v) is 7.78. The molecule has 4 bridgehead atoms. The summed E-state index contributed by atoms with van der Waals surface area (Å²) in [5.74, 6) is 3.44. The van der Waals surface area contributed by atoms with Gasteiger partial charge in [0.25, 0.3) is 0 Å². The minimum Gasteiger partial charge on any atom is -0.357 e. The summed E-state index contributed by atoms with van der Waals surface area (Å²) in [6, 6.07) is 3.60. The van der Waals surface area contributed by atoms with Crippen molar-refractivity contribution in [2.75, 3.05) is 29.9 Å². The largest absolute Gasteiger partial charge is 0.357 e. The molecule has 2 aliphatic heterocycles. The predicted octanol–water partition coefficient (Wildman–Crippen LogP) is 3.83. The van der Waals surface area contributed by atoms with Crippen molar-refractivity contribution in [1.29, 1.82) is 0 Å². The summed E-state index contributed by atoms with van der Waals surface area (Å²) in [6.07, 6.45) is 13.0. The van der Waals surface area contributed by atoms with Gasteiger partial charge in [-0.05, 0) is 94.1 Å². The molecule has 3 heterocycles. The molecule has 1 atom stereocenters. The normalized spacial score (nSPS) is 36.3. The topological polar surface area (TPSA) is 65.5 Å². The van der Waals surface area contributed by atoms with Gasteiger partial charge in [-0.3, -0.25) is 9.59 Å². The third-order valence-electron chi connectivity index (χ3n) is 8.75. The Balaban J connectivity index is 1.14. The maximum absolute atomic E-state index is 13.8. The third-order valence-corrected chi connectivity index (χ3v) is 8.75. The van der Waals surface area contributed by atoms with Gasteiger partial charge in [-0.2, -0.15) is 0 Å². The summed E-state index contributed by atoms with van der Waals surface area (Å²) in [4.78, 5) is 35.7. The molecular formula is C25H34N4O2. The van der Waals surface area contributed by atoms with Gasteiger partial charge in [-0.15, -0.1) is 0 Å². The molecule has 1 aromatic heterocycles. The third kappa shape index (κ3) is 3.42. The van der Waals surface area contributed by atoms with Gasteiger partial charge in [0, 0.05) is 19.6 Å². The van der Waals surface area contributed by atoms with E-state index >= 15 is 0 Å². The van der Waals surface area contributed by atoms with E-state index in [1.165, 1.54) is 32.1 Å². The fraction of sp³-hybridized carbons (Fsp3) is 0.720. The van der Waals surface area contributed by atoms with Crippen molar-refractivity contribution in [1.82, 2.24) is 9.88 Å². The van der Waals surface area contributed by atoms with Crippen LogP contribution in [0.15, 0.2) is 18.3 Å². The summed E-state index contributed by atoms with van der Waals surface area (Å²) in [6.45, 7) is 2.84. The van der Waals surface area contributed by atoms with E-state index in [9.17, 15) is 9.59 Å². The molecule has 2 saturated heterocycles. The molecule has 4 aliphatic carbocycles. The average Bonchev–Trinajstić information content (AvgIpc) is 3.45. The van der Waals surface area contributed by atoms with Crippen molar-refractivity contribution in [2.45, 2.75) is 70.3 Å². The van der Waals surface area contributed by atoms with Crippen molar-refractivity contribution in [3.63, 3.8) is 0 Å². The molecular weight excluding hydrogens is 388 g/mol. The highest BCUT2D eigenvalue weighted by Gasteiger charge is 2.56. The van der Waals surface area contributed by atoms with E-state index in [1.807, 2.05) is 17.0 Å². The van der Waals surface area contributed by atoms with Crippen LogP contribution >= 0.6 is 0 Å². The van der Waals surface area contributed by atoms with Gasteiger partial charge in [0.1, 0.15) is 11.9 Å². The van der Waals surface area contributed by atoms with Gasteiger partial charge in [0.15, 0.2) is 0 Å². The highest BCUT2D eigenvalue weighted by molar-refractivity contribution is 5.98. The summed E-state index contributed by atoms with van der Waals surface area (Å²) in [5.41, 5.74) is 0.554. The lowest BCUT2D eigenvalue weighted by Gasteiger charge is -2.56. The Morgan fingerprint density at radius 2 is 1.61 bits per heavy atom. The first kappa shape index (κ1) is 19.6. The molecule has 0 aromatic carbocycles. The molecule has 1 N–H and O–H groups in total. The quantitative estimate of drug-likeness (QED) is 0.801. The minimum absolute atomic E-state index is 0.0497. The molecule has 6 aliphatic rings. The smallest absolute Gasteiger partial charge is 0.247 e. The SMILES string of the molecule is O=C(Nc1ccc(N2CCCC2)nc1)[C@H]1CCCN1C(=O)C12CC3CC(CC(C3)C1)C2. The fourth-order valence-electron chi connectivity index (χ4n) is 7.78. The number of aromatic nitrogens is 1. The monoisotopic (exact) mass is 422 g/mol. The van der Waals surface area contributed by atoms with Crippen molar-refractivity contribution in [3.05, 3.63) is 18.3 Å². The van der Waals surface area contributed by atoms with Gasteiger partial charge >= 0.3 is 0 Å². The first-order valence-corrected chi connectivity index (χ1v) is 12.4. The van der Waals surface area contributed by atoms with Crippen molar-refractivity contribution >= 4 is 23.3 Å². The Morgan fingerprint density at radius 3 is 2.23 bits per heavy atom. The number of nitrogens with zero attached hydrogens (tertiary/aromatic N) is 3. The highest BCUT2D eigenvalue weighted by Crippen LogP contribution is 2.60. The second-order valence-electron chi connectivity index (χ2n) is 10.9. The lowest BCUT2D eigenvalue weighted by atomic mass is 9.49. The molecule has 0 unspecified atom stereocenters. The molecule has 166 valence electrons. The summed E-state index contributed by atoms with van der Waals surface area (Å²) in [5, 5.41) is 3.05. The number of rotatable bonds is 4. The molecule has 6 fully saturated rings. The standard InChI is InChI=1S/C25H34N4O2/c30-23(27-20-5-6-22(26-16-20)28-7-1-2-8-28)21-4-3-9-29(21)24(31)25-13-17-10-18(14-25)12-19(11-17)15-25/h5-6,16-19,21H,1-4,7-15H2,(H,27,30)/t17?,18?,19?,21-,25?/m1/s1. The number of hydrogen-bond acceptors (Lipinski definition) is 4. The molecule has 1 aromatic rings. The number of pyridine rings is 1. The van der Waals surface area contributed by atoms with E-state index < -0.39 is 0 Å². The molecule has 6 nitrogen and oxygen atoms in total. The second-order valence-corrected chi connectivity index (χ2v) is 10.9. The van der Waals surface area contributed by atoms with Crippen LogP contribution in [-0.4, -0.2) is 47.4 Å². The van der Waals surface area contributed by atoms with Crippen LogP contribution in [0.5, 0.6) is 0 Å². The zero-order chi connectivity index (χ0) is 21.0. The Morgan fingerprint density at radius 1 is 0.935 bits per heavy atom. The molecule has 0 spiro atoms. The number of anilines is 2. The van der Waals surface area contributed by atoms with Crippen molar-refractivity contribution in [2.24, 2.45) is 23.2 Å². The van der Waals surface area contributed by atoms with E-state index in [2.05, 4.69) is 15.2 Å². The van der Waals surface area contributed by atoms with Gasteiger partial charge in [0.2, 0.25) is 11.8 Å². The van der Waals surface area contributed by atoms with Gasteiger partial charge < -0.3 is 15.1 Å². The van der Waals surface area contributed by atoms with E-state index in [4.69, 9.17) is 0 Å². The number of carbonyl (C=O) groups excluding carboxylic acids is 2. The van der Waals surface area contributed by atoms with Crippen LogP contribution in [-0.2, 0) is 9.59 Å². The van der Waals surface area contributed by atoms with Crippen molar-refractivity contribution in [3.8, 4) is 0 Å². The zero-order valence-electron chi connectivity index (χ0n) is 18.4. The lowest BCUT2D eigenvalue weighted by Crippen LogP contribution is -2.56. The van der Waals surface area contributed by atoms with Crippen LogP contribution in [0.4, 0.5) is 11.5 Å². The van der Waals surface area contributed by atoms with Gasteiger partial charge in [-0.25, -0.2) is 4.98 Å². The van der Waals surface area contributed by atoms with Gasteiger partial charge in [-0.1, -0.05) is 0 Å². The maximum Gasteiger partial charge on any atom is 0.247 e. The number of hydrogen-bond donors (Lipinski definition) is 1.